The Morgan fingerprint density at radius 1 is 1.36 bits per heavy atom. The molecule has 1 unspecified atom stereocenters. The molecular weight excluding hydrogens is 306 g/mol. The molecule has 3 rings (SSSR count). The monoisotopic (exact) mass is 321 g/mol. The van der Waals surface area contributed by atoms with Crippen LogP contribution in [0, 0.1) is 0 Å². The Morgan fingerprint density at radius 2 is 2.23 bits per heavy atom. The van der Waals surface area contributed by atoms with Crippen molar-refractivity contribution in [3.8, 4) is 0 Å². The quantitative estimate of drug-likeness (QED) is 0.856. The van der Waals surface area contributed by atoms with Gasteiger partial charge in [-0.15, -0.1) is 0 Å². The summed E-state index contributed by atoms with van der Waals surface area (Å²) in [6, 6.07) is 7.07. The molecule has 3 heterocycles. The number of hydrogen-bond donors (Lipinski definition) is 1. The molecule has 2 aromatic heterocycles. The highest BCUT2D eigenvalue weighted by Gasteiger charge is 2.16. The first-order valence-electron chi connectivity index (χ1n) is 7.13. The van der Waals surface area contributed by atoms with Crippen LogP contribution in [0.4, 0.5) is 5.82 Å². The van der Waals surface area contributed by atoms with Gasteiger partial charge < -0.3 is 14.8 Å². The number of carbonyl (C=O) groups is 1. The van der Waals surface area contributed by atoms with E-state index < -0.39 is 0 Å². The number of anilines is 1. The third-order valence-corrected chi connectivity index (χ3v) is 3.56. The van der Waals surface area contributed by atoms with Crippen molar-refractivity contribution in [3.63, 3.8) is 0 Å². The van der Waals surface area contributed by atoms with Crippen LogP contribution in [-0.2, 0) is 14.3 Å². The second-order valence-electron chi connectivity index (χ2n) is 5.08. The average molecular weight is 322 g/mol. The Hall–Kier alpha value is -1.76. The van der Waals surface area contributed by atoms with Crippen molar-refractivity contribution in [2.75, 3.05) is 25.1 Å². The fraction of sp³-hybridized carbons (Fsp3) is 0.400. The van der Waals surface area contributed by atoms with E-state index in [2.05, 4.69) is 15.3 Å². The van der Waals surface area contributed by atoms with E-state index >= 15 is 0 Å². The number of hydrogen-bond acceptors (Lipinski definition) is 5. The highest BCUT2D eigenvalue weighted by Crippen LogP contribution is 2.16. The van der Waals surface area contributed by atoms with Crippen LogP contribution in [-0.4, -0.2) is 41.8 Å². The zero-order valence-electron chi connectivity index (χ0n) is 11.9. The van der Waals surface area contributed by atoms with Crippen molar-refractivity contribution in [1.29, 1.82) is 0 Å². The van der Waals surface area contributed by atoms with Crippen LogP contribution >= 0.6 is 11.6 Å². The van der Waals surface area contributed by atoms with Gasteiger partial charge in [0, 0.05) is 12.0 Å². The van der Waals surface area contributed by atoms with Gasteiger partial charge >= 0.3 is 0 Å². The summed E-state index contributed by atoms with van der Waals surface area (Å²) < 4.78 is 10.8. The number of aromatic nitrogens is 2. The molecule has 1 aliphatic heterocycles. The fourth-order valence-corrected chi connectivity index (χ4v) is 2.43. The van der Waals surface area contributed by atoms with Crippen molar-refractivity contribution in [3.05, 3.63) is 29.4 Å². The molecule has 0 aromatic carbocycles. The van der Waals surface area contributed by atoms with E-state index in [-0.39, 0.29) is 18.6 Å². The van der Waals surface area contributed by atoms with Crippen LogP contribution in [0.15, 0.2) is 24.3 Å². The number of carbonyl (C=O) groups excluding carboxylic acids is 1. The summed E-state index contributed by atoms with van der Waals surface area (Å²) in [5.74, 6) is 0.167. The van der Waals surface area contributed by atoms with Crippen molar-refractivity contribution in [2.24, 2.45) is 0 Å². The van der Waals surface area contributed by atoms with Crippen LogP contribution in [0.1, 0.15) is 12.8 Å². The maximum atomic E-state index is 11.8. The van der Waals surface area contributed by atoms with E-state index in [0.29, 0.717) is 23.2 Å². The van der Waals surface area contributed by atoms with Gasteiger partial charge in [0.1, 0.15) is 17.6 Å². The first-order valence-corrected chi connectivity index (χ1v) is 7.51. The number of rotatable bonds is 5. The Kier molecular flexibility index (Phi) is 4.82. The molecule has 22 heavy (non-hydrogen) atoms. The van der Waals surface area contributed by atoms with Crippen molar-refractivity contribution in [2.45, 2.75) is 18.9 Å². The molecular formula is C15H16ClN3O3. The number of nitrogens with one attached hydrogen (secondary N) is 1. The summed E-state index contributed by atoms with van der Waals surface area (Å²) in [7, 11) is 0. The predicted octanol–water partition coefficient (Wildman–Crippen LogP) is 2.42. The van der Waals surface area contributed by atoms with E-state index in [1.807, 2.05) is 12.1 Å². The third kappa shape index (κ3) is 3.91. The molecule has 1 fully saturated rings. The van der Waals surface area contributed by atoms with Crippen LogP contribution in [0.3, 0.4) is 0 Å². The van der Waals surface area contributed by atoms with E-state index in [4.69, 9.17) is 21.1 Å². The molecule has 116 valence electrons. The van der Waals surface area contributed by atoms with Gasteiger partial charge in [-0.05, 0) is 37.1 Å². The van der Waals surface area contributed by atoms with Gasteiger partial charge in [0.15, 0.2) is 5.65 Å². The highest BCUT2D eigenvalue weighted by molar-refractivity contribution is 6.29. The third-order valence-electron chi connectivity index (χ3n) is 3.35. The zero-order chi connectivity index (χ0) is 15.4. The first kappa shape index (κ1) is 15.1. The van der Waals surface area contributed by atoms with E-state index in [1.165, 1.54) is 0 Å². The summed E-state index contributed by atoms with van der Waals surface area (Å²) in [5, 5.41) is 3.90. The molecule has 7 heteroatoms. The summed E-state index contributed by atoms with van der Waals surface area (Å²) in [6.45, 7) is 1.19. The molecule has 0 aliphatic carbocycles. The van der Waals surface area contributed by atoms with Crippen LogP contribution in [0.25, 0.3) is 11.0 Å². The Bertz CT molecular complexity index is 674. The molecule has 1 atom stereocenters. The average Bonchev–Trinajstić information content (AvgIpc) is 3.00. The first-order chi connectivity index (χ1) is 10.7. The smallest absolute Gasteiger partial charge is 0.251 e. The molecule has 6 nitrogen and oxygen atoms in total. The van der Waals surface area contributed by atoms with Gasteiger partial charge in [0.25, 0.3) is 5.91 Å². The zero-order valence-corrected chi connectivity index (χ0v) is 12.7. The maximum Gasteiger partial charge on any atom is 0.251 e. The van der Waals surface area contributed by atoms with Crippen LogP contribution in [0.5, 0.6) is 0 Å². The summed E-state index contributed by atoms with van der Waals surface area (Å²) in [6.07, 6.45) is 2.15. The molecule has 2 aromatic rings. The summed E-state index contributed by atoms with van der Waals surface area (Å²) >= 11 is 5.84. The molecule has 0 bridgehead atoms. The number of nitrogens with zero attached hydrogens (tertiary/aromatic N) is 2. The Balaban J connectivity index is 1.54. The number of ether oxygens (including phenoxy) is 2. The predicted molar refractivity (Wildman–Crippen MR) is 83.0 cm³/mol. The molecule has 0 spiro atoms. The van der Waals surface area contributed by atoms with Gasteiger partial charge in [0.2, 0.25) is 0 Å². The highest BCUT2D eigenvalue weighted by atomic mass is 35.5. The van der Waals surface area contributed by atoms with Gasteiger partial charge in [-0.25, -0.2) is 9.97 Å². The van der Waals surface area contributed by atoms with Gasteiger partial charge in [-0.2, -0.15) is 0 Å². The van der Waals surface area contributed by atoms with Gasteiger partial charge in [-0.3, -0.25) is 4.79 Å². The lowest BCUT2D eigenvalue weighted by Crippen LogP contribution is -2.22. The maximum absolute atomic E-state index is 11.8. The largest absolute Gasteiger partial charge is 0.376 e. The lowest BCUT2D eigenvalue weighted by molar-refractivity contribution is -0.121. The number of amides is 1. The minimum Gasteiger partial charge on any atom is -0.376 e. The Morgan fingerprint density at radius 3 is 3.05 bits per heavy atom. The molecule has 1 N–H and O–H groups in total. The standard InChI is InChI=1S/C15H16ClN3O3/c16-12-5-3-10-4-6-13(19-15(10)17-12)18-14(20)9-21-8-11-2-1-7-22-11/h3-6,11H,1-2,7-9H2,(H,17,18,19,20). The molecule has 1 amide bonds. The number of halogens is 1. The normalized spacial score (nSPS) is 17.8. The minimum absolute atomic E-state index is 0.0252. The second-order valence-corrected chi connectivity index (χ2v) is 5.46. The second kappa shape index (κ2) is 7.00. The topological polar surface area (TPSA) is 73.3 Å². The van der Waals surface area contributed by atoms with E-state index in [1.54, 1.807) is 12.1 Å². The SMILES string of the molecule is O=C(COCC1CCCO1)Nc1ccc2ccc(Cl)nc2n1. The van der Waals surface area contributed by atoms with Crippen molar-refractivity contribution >= 4 is 34.4 Å². The fourth-order valence-electron chi connectivity index (χ4n) is 2.28. The Labute approximate surface area is 132 Å². The minimum atomic E-state index is -0.258. The lowest BCUT2D eigenvalue weighted by Gasteiger charge is -2.10. The number of pyridine rings is 2. The number of fused-ring (bicyclic) bond motifs is 1. The molecule has 1 saturated heterocycles. The van der Waals surface area contributed by atoms with Crippen LogP contribution in [0.2, 0.25) is 5.15 Å². The summed E-state index contributed by atoms with van der Waals surface area (Å²) in [5.41, 5.74) is 0.491. The molecule has 0 radical (unpaired) electrons. The van der Waals surface area contributed by atoms with Crippen molar-refractivity contribution in [1.82, 2.24) is 9.97 Å². The van der Waals surface area contributed by atoms with Crippen molar-refractivity contribution < 1.29 is 14.3 Å². The lowest BCUT2D eigenvalue weighted by atomic mass is 10.2. The van der Waals surface area contributed by atoms with Gasteiger partial charge in [0.05, 0.1) is 12.7 Å². The summed E-state index contributed by atoms with van der Waals surface area (Å²) in [4.78, 5) is 20.2. The molecule has 1 aliphatic rings. The molecule has 0 saturated carbocycles. The van der Waals surface area contributed by atoms with Gasteiger partial charge in [-0.1, -0.05) is 11.6 Å². The van der Waals surface area contributed by atoms with E-state index in [9.17, 15) is 4.79 Å². The van der Waals surface area contributed by atoms with Crippen LogP contribution < -0.4 is 5.32 Å². The van der Waals surface area contributed by atoms with E-state index in [0.717, 1.165) is 24.8 Å².